The number of hydrogen-bond donors (Lipinski definition) is 2. The van der Waals surface area contributed by atoms with Crippen LogP contribution < -0.4 is 4.74 Å². The topological polar surface area (TPSA) is 97.5 Å². The minimum absolute atomic E-state index is 0.0116. The number of rotatable bonds is 1. The van der Waals surface area contributed by atoms with Crippen LogP contribution in [-0.4, -0.2) is 31.6 Å². The summed E-state index contributed by atoms with van der Waals surface area (Å²) in [5.74, 6) is -0.0116. The highest BCUT2D eigenvalue weighted by atomic mass is 16.7. The second-order valence-electron chi connectivity index (χ2n) is 2.47. The Labute approximate surface area is 77.1 Å². The van der Waals surface area contributed by atoms with E-state index in [1.807, 2.05) is 0 Å². The van der Waals surface area contributed by atoms with E-state index in [-0.39, 0.29) is 11.3 Å². The van der Waals surface area contributed by atoms with Gasteiger partial charge in [0.2, 0.25) is 0 Å². The van der Waals surface area contributed by atoms with Crippen LogP contribution in [0.15, 0.2) is 18.2 Å². The van der Waals surface area contributed by atoms with Crippen molar-refractivity contribution in [2.45, 2.75) is 0 Å². The first-order valence-corrected chi connectivity index (χ1v) is 3.63. The van der Waals surface area contributed by atoms with Crippen LogP contribution in [0.1, 0.15) is 0 Å². The van der Waals surface area contributed by atoms with Crippen molar-refractivity contribution in [1.29, 1.82) is 0 Å². The molecule has 1 aromatic heterocycles. The molecule has 0 amide bonds. The van der Waals surface area contributed by atoms with Crippen molar-refractivity contribution in [3.8, 4) is 5.75 Å². The zero-order valence-electron chi connectivity index (χ0n) is 6.78. The summed E-state index contributed by atoms with van der Waals surface area (Å²) < 4.78 is 4.42. The van der Waals surface area contributed by atoms with E-state index in [0.29, 0.717) is 10.4 Å². The van der Waals surface area contributed by atoms with Crippen LogP contribution in [0, 0.1) is 0 Å². The minimum Gasteiger partial charge on any atom is -0.449 e. The van der Waals surface area contributed by atoms with Crippen molar-refractivity contribution >= 4 is 17.2 Å². The van der Waals surface area contributed by atoms with Gasteiger partial charge in [-0.2, -0.15) is 0 Å². The van der Waals surface area contributed by atoms with Gasteiger partial charge in [0.15, 0.2) is 11.3 Å². The summed E-state index contributed by atoms with van der Waals surface area (Å²) in [5.41, 5.74) is 0.473. The summed E-state index contributed by atoms with van der Waals surface area (Å²) in [6, 6.07) is 4.52. The van der Waals surface area contributed by atoms with Gasteiger partial charge < -0.3 is 15.1 Å². The van der Waals surface area contributed by atoms with Gasteiger partial charge in [0, 0.05) is 0 Å². The summed E-state index contributed by atoms with van der Waals surface area (Å²) >= 11 is 0. The molecule has 0 atom stereocenters. The van der Waals surface area contributed by atoms with E-state index >= 15 is 0 Å². The number of carbonyl (C=O) groups is 1. The molecule has 2 rings (SSSR count). The molecular formula is C7H5N3O4. The highest BCUT2D eigenvalue weighted by molar-refractivity contribution is 5.82. The minimum atomic E-state index is -1.46. The fourth-order valence-corrected chi connectivity index (χ4v) is 1.10. The predicted molar refractivity (Wildman–Crippen MR) is 43.4 cm³/mol. The summed E-state index contributed by atoms with van der Waals surface area (Å²) in [7, 11) is 0. The lowest BCUT2D eigenvalue weighted by Gasteiger charge is -2.00. The van der Waals surface area contributed by atoms with Crippen LogP contribution in [-0.2, 0) is 0 Å². The second kappa shape index (κ2) is 2.87. The first-order valence-electron chi connectivity index (χ1n) is 3.63. The lowest BCUT2D eigenvalue weighted by Crippen LogP contribution is -2.04. The number of benzene rings is 1. The van der Waals surface area contributed by atoms with E-state index in [4.69, 9.17) is 5.11 Å². The van der Waals surface area contributed by atoms with Crippen molar-refractivity contribution < 1.29 is 19.8 Å². The third kappa shape index (κ3) is 1.20. The summed E-state index contributed by atoms with van der Waals surface area (Å²) in [6.07, 6.45) is -1.46. The lowest BCUT2D eigenvalue weighted by molar-refractivity contribution is 0.140. The first-order chi connectivity index (χ1) is 6.68. The second-order valence-corrected chi connectivity index (χ2v) is 2.47. The molecule has 0 unspecified atom stereocenters. The summed E-state index contributed by atoms with van der Waals surface area (Å²) in [4.78, 5) is 10.8. The van der Waals surface area contributed by atoms with Crippen molar-refractivity contribution in [3.05, 3.63) is 18.2 Å². The van der Waals surface area contributed by atoms with Crippen molar-refractivity contribution in [1.82, 2.24) is 15.2 Å². The molecule has 0 radical (unpaired) electrons. The quantitative estimate of drug-likeness (QED) is 0.395. The lowest BCUT2D eigenvalue weighted by atomic mass is 10.3. The third-order valence-electron chi connectivity index (χ3n) is 1.61. The Kier molecular flexibility index (Phi) is 1.70. The van der Waals surface area contributed by atoms with Crippen LogP contribution in [0.2, 0.25) is 0 Å². The number of aromatic nitrogens is 3. The number of nitrogens with zero attached hydrogens (tertiary/aromatic N) is 3. The highest BCUT2D eigenvalue weighted by Crippen LogP contribution is 2.22. The van der Waals surface area contributed by atoms with Gasteiger partial charge in [-0.25, -0.2) is 4.79 Å². The maximum Gasteiger partial charge on any atom is 0.511 e. The van der Waals surface area contributed by atoms with Crippen LogP contribution in [0.25, 0.3) is 11.0 Å². The number of ether oxygens (including phenoxy) is 1. The zero-order valence-corrected chi connectivity index (χ0v) is 6.78. The molecule has 0 aliphatic rings. The molecule has 2 N–H and O–H groups in total. The normalized spacial score (nSPS) is 10.3. The monoisotopic (exact) mass is 195 g/mol. The number of fused-ring (bicyclic) bond motifs is 1. The van der Waals surface area contributed by atoms with E-state index in [1.165, 1.54) is 6.07 Å². The Morgan fingerprint density at radius 2 is 2.29 bits per heavy atom. The Hall–Kier alpha value is -2.31. The highest BCUT2D eigenvalue weighted by Gasteiger charge is 2.12. The van der Waals surface area contributed by atoms with Crippen molar-refractivity contribution in [2.24, 2.45) is 0 Å². The molecule has 0 aliphatic carbocycles. The molecule has 72 valence electrons. The van der Waals surface area contributed by atoms with Crippen LogP contribution in [0.3, 0.4) is 0 Å². The number of para-hydroxylation sites is 1. The van der Waals surface area contributed by atoms with Gasteiger partial charge in [-0.05, 0) is 17.3 Å². The van der Waals surface area contributed by atoms with Gasteiger partial charge >= 0.3 is 6.16 Å². The van der Waals surface area contributed by atoms with Gasteiger partial charge in [-0.1, -0.05) is 10.9 Å². The molecule has 0 fully saturated rings. The Balaban J connectivity index is 2.63. The molecular weight excluding hydrogens is 190 g/mol. The fourth-order valence-electron chi connectivity index (χ4n) is 1.10. The van der Waals surface area contributed by atoms with Crippen molar-refractivity contribution in [2.75, 3.05) is 0 Å². The smallest absolute Gasteiger partial charge is 0.449 e. The van der Waals surface area contributed by atoms with Crippen LogP contribution in [0.4, 0.5) is 4.79 Å². The standard InChI is InChI=1S/C7H5N3O4/c11-7(12)14-5-3-1-2-4-6(5)10(13)9-8-4/h1-3,13H,(H,11,12). The number of hydrogen-bond acceptors (Lipinski definition) is 5. The molecule has 7 heteroatoms. The maximum atomic E-state index is 10.3. The first kappa shape index (κ1) is 8.30. The molecule has 0 saturated carbocycles. The van der Waals surface area contributed by atoms with E-state index in [1.54, 1.807) is 12.1 Å². The largest absolute Gasteiger partial charge is 0.511 e. The molecule has 0 saturated heterocycles. The van der Waals surface area contributed by atoms with Gasteiger partial charge in [0.05, 0.1) is 0 Å². The molecule has 0 aliphatic heterocycles. The molecule has 1 aromatic carbocycles. The number of carboxylic acid groups (broad SMARTS) is 1. The molecule has 0 bridgehead atoms. The SMILES string of the molecule is O=C(O)Oc1cccc2nnn(O)c12. The Morgan fingerprint density at radius 3 is 3.00 bits per heavy atom. The molecule has 14 heavy (non-hydrogen) atoms. The van der Waals surface area contributed by atoms with Gasteiger partial charge in [0.25, 0.3) is 0 Å². The van der Waals surface area contributed by atoms with Crippen LogP contribution >= 0.6 is 0 Å². The summed E-state index contributed by atoms with van der Waals surface area (Å²) in [5, 5.41) is 24.5. The molecule has 1 heterocycles. The van der Waals surface area contributed by atoms with E-state index in [9.17, 15) is 10.0 Å². The van der Waals surface area contributed by atoms with Crippen LogP contribution in [0.5, 0.6) is 5.75 Å². The third-order valence-corrected chi connectivity index (χ3v) is 1.61. The Morgan fingerprint density at radius 1 is 1.50 bits per heavy atom. The predicted octanol–water partition coefficient (Wildman–Crippen LogP) is 0.725. The van der Waals surface area contributed by atoms with Gasteiger partial charge in [-0.3, -0.25) is 0 Å². The van der Waals surface area contributed by atoms with E-state index in [0.717, 1.165) is 0 Å². The zero-order chi connectivity index (χ0) is 10.1. The van der Waals surface area contributed by atoms with Gasteiger partial charge in [-0.15, -0.1) is 5.10 Å². The molecule has 7 nitrogen and oxygen atoms in total. The van der Waals surface area contributed by atoms with E-state index < -0.39 is 6.16 Å². The molecule has 2 aromatic rings. The maximum absolute atomic E-state index is 10.3. The molecule has 0 spiro atoms. The van der Waals surface area contributed by atoms with E-state index in [2.05, 4.69) is 15.0 Å². The Bertz CT molecular complexity index is 493. The van der Waals surface area contributed by atoms with Crippen molar-refractivity contribution in [3.63, 3.8) is 0 Å². The fraction of sp³-hybridized carbons (Fsp3) is 0. The summed E-state index contributed by atoms with van der Waals surface area (Å²) in [6.45, 7) is 0. The van der Waals surface area contributed by atoms with Gasteiger partial charge in [0.1, 0.15) is 5.52 Å². The average Bonchev–Trinajstić information content (AvgIpc) is 2.48. The average molecular weight is 195 g/mol.